The van der Waals surface area contributed by atoms with Gasteiger partial charge in [0.2, 0.25) is 0 Å². The van der Waals surface area contributed by atoms with Crippen LogP contribution in [-0.2, 0) is 14.1 Å². The van der Waals surface area contributed by atoms with Crippen molar-refractivity contribution in [2.45, 2.75) is 6.42 Å². The van der Waals surface area contributed by atoms with Gasteiger partial charge in [-0.15, -0.1) is 24.8 Å². The Kier molecular flexibility index (Phi) is 9.96. The molecule has 1 saturated heterocycles. The van der Waals surface area contributed by atoms with Crippen molar-refractivity contribution in [3.8, 4) is 17.1 Å². The summed E-state index contributed by atoms with van der Waals surface area (Å²) in [5.74, 6) is 1.66. The minimum Gasteiger partial charge on any atom is -0.493 e. The lowest BCUT2D eigenvalue weighted by molar-refractivity contribution is 0.224. The molecule has 0 spiro atoms. The molecule has 208 valence electrons. The van der Waals surface area contributed by atoms with Gasteiger partial charge in [0, 0.05) is 76.9 Å². The first-order valence-corrected chi connectivity index (χ1v) is 12.3. The van der Waals surface area contributed by atoms with Gasteiger partial charge in [-0.1, -0.05) is 6.07 Å². The molecule has 0 aliphatic carbocycles. The van der Waals surface area contributed by atoms with Crippen LogP contribution in [0.1, 0.15) is 6.42 Å². The molecule has 0 bridgehead atoms. The highest BCUT2D eigenvalue weighted by Crippen LogP contribution is 2.27. The summed E-state index contributed by atoms with van der Waals surface area (Å²) in [4.78, 5) is 45.6. The first kappa shape index (κ1) is 29.9. The van der Waals surface area contributed by atoms with Gasteiger partial charge in [-0.3, -0.25) is 28.6 Å². The molecule has 12 heteroatoms. The first-order chi connectivity index (χ1) is 17.9. The second kappa shape index (κ2) is 13.0. The highest BCUT2D eigenvalue weighted by molar-refractivity contribution is 5.86. The normalized spacial score (nSPS) is 13.5. The predicted molar refractivity (Wildman–Crippen MR) is 156 cm³/mol. The Balaban J connectivity index is 0.00000210. The molecule has 1 aromatic carbocycles. The van der Waals surface area contributed by atoms with E-state index in [0.717, 1.165) is 49.3 Å². The number of piperazine rings is 1. The van der Waals surface area contributed by atoms with E-state index in [0.29, 0.717) is 34.9 Å². The number of hydrogen-bond donors (Lipinski definition) is 0. The van der Waals surface area contributed by atoms with Crippen LogP contribution < -0.4 is 26.3 Å². The third-order valence-electron chi connectivity index (χ3n) is 6.75. The molecule has 4 aromatic rings. The summed E-state index contributed by atoms with van der Waals surface area (Å²) in [5.41, 5.74) is 0.507. The number of nitrogens with zero attached hydrogens (tertiary/aromatic N) is 5. The Morgan fingerprint density at radius 1 is 0.923 bits per heavy atom. The molecule has 0 unspecified atom stereocenters. The average Bonchev–Trinajstić information content (AvgIpc) is 2.92. The van der Waals surface area contributed by atoms with Crippen LogP contribution in [0.5, 0.6) is 5.75 Å². The van der Waals surface area contributed by atoms with Gasteiger partial charge in [-0.05, 0) is 30.7 Å². The summed E-state index contributed by atoms with van der Waals surface area (Å²) in [5, 5.41) is 0.438. The smallest absolute Gasteiger partial charge is 0.332 e. The second-order valence-electron chi connectivity index (χ2n) is 9.11. The van der Waals surface area contributed by atoms with Gasteiger partial charge in [-0.2, -0.15) is 0 Å². The Labute approximate surface area is 237 Å². The summed E-state index contributed by atoms with van der Waals surface area (Å²) < 4.78 is 14.6. The van der Waals surface area contributed by atoms with E-state index in [2.05, 4.69) is 14.8 Å². The average molecular weight is 576 g/mol. The van der Waals surface area contributed by atoms with Crippen molar-refractivity contribution in [1.29, 1.82) is 0 Å². The second-order valence-corrected chi connectivity index (χ2v) is 9.11. The van der Waals surface area contributed by atoms with Gasteiger partial charge in [0.05, 0.1) is 6.61 Å². The van der Waals surface area contributed by atoms with Gasteiger partial charge in [0.1, 0.15) is 28.3 Å². The van der Waals surface area contributed by atoms with E-state index in [9.17, 15) is 14.4 Å². The fraction of sp³-hybridized carbons (Fsp3) is 0.333. The molecule has 39 heavy (non-hydrogen) atoms. The molecular formula is C27H31Cl2N5O5. The Hall–Kier alpha value is -3.60. The molecule has 1 aliphatic rings. The Morgan fingerprint density at radius 2 is 1.64 bits per heavy atom. The standard InChI is InChI=1S/C27H29N5O5.2ClH/c1-29-24(18-25(34)30(2)27(29)35)32-14-12-31(13-15-32)11-4-16-36-21-5-3-6-22-26(21)20(33)17-23(37-22)19-7-9-28-10-8-19;;/h3,5-10,17-18H,4,11-16H2,1-2H3;2*1H. The maximum atomic E-state index is 12.9. The monoisotopic (exact) mass is 575 g/mol. The third-order valence-corrected chi connectivity index (χ3v) is 6.75. The largest absolute Gasteiger partial charge is 0.493 e. The van der Waals surface area contributed by atoms with Gasteiger partial charge in [-0.25, -0.2) is 4.79 Å². The molecule has 0 radical (unpaired) electrons. The van der Waals surface area contributed by atoms with Gasteiger partial charge in [0.15, 0.2) is 5.43 Å². The molecule has 3 aromatic heterocycles. The van der Waals surface area contributed by atoms with Crippen LogP contribution in [0.25, 0.3) is 22.3 Å². The SMILES string of the molecule is Cl.Cl.Cn1c(N2CCN(CCCOc3cccc4oc(-c5ccncc5)cc(=O)c34)CC2)cc(=O)n(C)c1=O. The fourth-order valence-electron chi connectivity index (χ4n) is 4.65. The minimum atomic E-state index is -0.321. The van der Waals surface area contributed by atoms with Gasteiger partial charge in [0.25, 0.3) is 5.56 Å². The highest BCUT2D eigenvalue weighted by Gasteiger charge is 2.20. The molecular weight excluding hydrogens is 545 g/mol. The Morgan fingerprint density at radius 3 is 2.36 bits per heavy atom. The number of pyridine rings is 1. The van der Waals surface area contributed by atoms with Crippen molar-refractivity contribution >= 4 is 41.6 Å². The maximum absolute atomic E-state index is 12.9. The minimum absolute atomic E-state index is 0. The zero-order chi connectivity index (χ0) is 25.9. The van der Waals surface area contributed by atoms with Crippen molar-refractivity contribution < 1.29 is 9.15 Å². The van der Waals surface area contributed by atoms with E-state index in [1.807, 2.05) is 6.07 Å². The van der Waals surface area contributed by atoms with E-state index in [4.69, 9.17) is 9.15 Å². The van der Waals surface area contributed by atoms with E-state index in [1.165, 1.54) is 23.7 Å². The molecule has 1 aliphatic heterocycles. The zero-order valence-electron chi connectivity index (χ0n) is 21.7. The number of halogens is 2. The van der Waals surface area contributed by atoms with Crippen molar-refractivity contribution in [2.24, 2.45) is 14.1 Å². The van der Waals surface area contributed by atoms with Crippen molar-refractivity contribution in [3.63, 3.8) is 0 Å². The van der Waals surface area contributed by atoms with Crippen molar-refractivity contribution in [1.82, 2.24) is 19.0 Å². The number of anilines is 1. The van der Waals surface area contributed by atoms with Crippen LogP contribution in [0.2, 0.25) is 0 Å². The summed E-state index contributed by atoms with van der Waals surface area (Å²) in [6.45, 7) is 4.40. The lowest BCUT2D eigenvalue weighted by Gasteiger charge is -2.36. The van der Waals surface area contributed by atoms with Crippen LogP contribution in [0.15, 0.2) is 73.7 Å². The molecule has 0 amide bonds. The topological polar surface area (TPSA) is 103 Å². The van der Waals surface area contributed by atoms with Crippen molar-refractivity contribution in [3.05, 3.63) is 85.9 Å². The van der Waals surface area contributed by atoms with E-state index in [-0.39, 0.29) is 41.5 Å². The molecule has 10 nitrogen and oxygen atoms in total. The fourth-order valence-corrected chi connectivity index (χ4v) is 4.65. The van der Waals surface area contributed by atoms with E-state index >= 15 is 0 Å². The zero-order valence-corrected chi connectivity index (χ0v) is 23.4. The number of hydrogen-bond acceptors (Lipinski definition) is 8. The van der Waals surface area contributed by atoms with Crippen LogP contribution in [-0.4, -0.2) is 58.3 Å². The number of rotatable bonds is 7. The molecule has 0 atom stereocenters. The van der Waals surface area contributed by atoms with Gasteiger partial charge >= 0.3 is 5.69 Å². The van der Waals surface area contributed by atoms with Crippen LogP contribution >= 0.6 is 24.8 Å². The predicted octanol–water partition coefficient (Wildman–Crippen LogP) is 2.69. The summed E-state index contributed by atoms with van der Waals surface area (Å²) in [6, 6.07) is 12.0. The van der Waals surface area contributed by atoms with Crippen molar-refractivity contribution in [2.75, 3.05) is 44.2 Å². The number of ether oxygens (including phenoxy) is 1. The lowest BCUT2D eigenvalue weighted by Crippen LogP contribution is -2.49. The first-order valence-electron chi connectivity index (χ1n) is 12.3. The summed E-state index contributed by atoms with van der Waals surface area (Å²) >= 11 is 0. The molecule has 5 rings (SSSR count). The van der Waals surface area contributed by atoms with Crippen LogP contribution in [0.3, 0.4) is 0 Å². The molecule has 4 heterocycles. The van der Waals surface area contributed by atoms with E-state index < -0.39 is 0 Å². The number of benzene rings is 1. The summed E-state index contributed by atoms with van der Waals surface area (Å²) in [7, 11) is 3.17. The number of aromatic nitrogens is 3. The van der Waals surface area contributed by atoms with E-state index in [1.54, 1.807) is 43.7 Å². The lowest BCUT2D eigenvalue weighted by atomic mass is 10.1. The highest BCUT2D eigenvalue weighted by atomic mass is 35.5. The van der Waals surface area contributed by atoms with Crippen LogP contribution in [0, 0.1) is 0 Å². The maximum Gasteiger partial charge on any atom is 0.332 e. The molecule has 1 fully saturated rings. The summed E-state index contributed by atoms with van der Waals surface area (Å²) in [6.07, 6.45) is 4.11. The molecule has 0 N–H and O–H groups in total. The number of fused-ring (bicyclic) bond motifs is 1. The molecule has 0 saturated carbocycles. The quantitative estimate of drug-likeness (QED) is 0.310. The Bertz CT molecular complexity index is 1590. The van der Waals surface area contributed by atoms with Gasteiger partial charge < -0.3 is 14.1 Å². The third kappa shape index (κ3) is 6.35. The van der Waals surface area contributed by atoms with Crippen LogP contribution in [0.4, 0.5) is 5.82 Å².